The Hall–Kier alpha value is -0.380. The van der Waals surface area contributed by atoms with Crippen molar-refractivity contribution in [1.29, 1.82) is 0 Å². The van der Waals surface area contributed by atoms with Crippen LogP contribution in [0, 0.1) is 5.92 Å². The number of hydrogen-bond acceptors (Lipinski definition) is 3. The molecule has 2 aliphatic rings. The molecular weight excluding hydrogens is 252 g/mol. The second-order valence-corrected chi connectivity index (χ2v) is 6.98. The first-order valence-electron chi connectivity index (χ1n) is 7.86. The van der Waals surface area contributed by atoms with Crippen LogP contribution in [0.15, 0.2) is 16.8 Å². The van der Waals surface area contributed by atoms with E-state index in [2.05, 4.69) is 34.4 Å². The molecule has 1 aliphatic carbocycles. The van der Waals surface area contributed by atoms with Crippen molar-refractivity contribution >= 4 is 11.3 Å². The fourth-order valence-electron chi connectivity index (χ4n) is 3.86. The van der Waals surface area contributed by atoms with E-state index in [0.29, 0.717) is 12.1 Å². The molecule has 0 bridgehead atoms. The van der Waals surface area contributed by atoms with E-state index in [9.17, 15) is 0 Å². The third-order valence-electron chi connectivity index (χ3n) is 4.94. The van der Waals surface area contributed by atoms with E-state index >= 15 is 0 Å². The maximum atomic E-state index is 3.91. The lowest BCUT2D eigenvalue weighted by molar-refractivity contribution is 0.203. The topological polar surface area (TPSA) is 24.1 Å². The second-order valence-electron chi connectivity index (χ2n) is 6.20. The van der Waals surface area contributed by atoms with Crippen molar-refractivity contribution in [3.63, 3.8) is 0 Å². The fraction of sp³-hybridized carbons (Fsp3) is 0.750. The van der Waals surface area contributed by atoms with Crippen molar-refractivity contribution in [3.05, 3.63) is 22.4 Å². The Labute approximate surface area is 121 Å². The Balaban J connectivity index is 1.63. The van der Waals surface area contributed by atoms with Gasteiger partial charge >= 0.3 is 0 Å². The van der Waals surface area contributed by atoms with Crippen LogP contribution in [-0.2, 0) is 0 Å². The lowest BCUT2D eigenvalue weighted by Crippen LogP contribution is -2.47. The molecule has 3 rings (SSSR count). The van der Waals surface area contributed by atoms with E-state index in [1.165, 1.54) is 50.6 Å². The largest absolute Gasteiger partial charge is 0.314 e. The standard InChI is InChI=1S/C16H26N2S/c1-12(13-8-10-19-11-13)18-16-6-3-2-5-14(16)15-7-4-9-17-15/h8,10-12,14-18H,2-7,9H2,1H3. The predicted octanol–water partition coefficient (Wildman–Crippen LogP) is 3.71. The molecule has 106 valence electrons. The van der Waals surface area contributed by atoms with Crippen LogP contribution in [0.25, 0.3) is 0 Å². The van der Waals surface area contributed by atoms with E-state index in [4.69, 9.17) is 0 Å². The fourth-order valence-corrected chi connectivity index (χ4v) is 4.62. The van der Waals surface area contributed by atoms with Gasteiger partial charge in [0.25, 0.3) is 0 Å². The van der Waals surface area contributed by atoms with Crippen molar-refractivity contribution < 1.29 is 0 Å². The lowest BCUT2D eigenvalue weighted by atomic mass is 9.79. The molecule has 3 heteroatoms. The minimum Gasteiger partial charge on any atom is -0.314 e. The summed E-state index contributed by atoms with van der Waals surface area (Å²) in [7, 11) is 0. The van der Waals surface area contributed by atoms with Gasteiger partial charge in [0, 0.05) is 18.1 Å². The zero-order chi connectivity index (χ0) is 13.1. The van der Waals surface area contributed by atoms with E-state index in [1.807, 2.05) is 0 Å². The third kappa shape index (κ3) is 3.21. The highest BCUT2D eigenvalue weighted by Gasteiger charge is 2.33. The van der Waals surface area contributed by atoms with Gasteiger partial charge in [0.05, 0.1) is 0 Å². The van der Waals surface area contributed by atoms with E-state index in [0.717, 1.165) is 12.0 Å². The molecule has 2 fully saturated rings. The minimum absolute atomic E-state index is 0.498. The molecule has 0 radical (unpaired) electrons. The van der Waals surface area contributed by atoms with Gasteiger partial charge in [0.15, 0.2) is 0 Å². The number of nitrogens with one attached hydrogen (secondary N) is 2. The van der Waals surface area contributed by atoms with Gasteiger partial charge in [-0.05, 0) is 67.5 Å². The van der Waals surface area contributed by atoms with Crippen LogP contribution in [0.5, 0.6) is 0 Å². The number of hydrogen-bond donors (Lipinski definition) is 2. The van der Waals surface area contributed by atoms with Crippen LogP contribution in [-0.4, -0.2) is 18.6 Å². The van der Waals surface area contributed by atoms with Crippen LogP contribution in [0.2, 0.25) is 0 Å². The van der Waals surface area contributed by atoms with Crippen LogP contribution >= 0.6 is 11.3 Å². The average molecular weight is 278 g/mol. The summed E-state index contributed by atoms with van der Waals surface area (Å²) >= 11 is 1.80. The molecule has 1 aromatic heterocycles. The van der Waals surface area contributed by atoms with Gasteiger partial charge in [-0.3, -0.25) is 0 Å². The van der Waals surface area contributed by atoms with E-state index in [-0.39, 0.29) is 0 Å². The van der Waals surface area contributed by atoms with E-state index < -0.39 is 0 Å². The van der Waals surface area contributed by atoms with Crippen LogP contribution in [0.3, 0.4) is 0 Å². The Morgan fingerprint density at radius 1 is 1.26 bits per heavy atom. The first-order chi connectivity index (χ1) is 9.34. The molecule has 0 amide bonds. The lowest BCUT2D eigenvalue weighted by Gasteiger charge is -2.38. The summed E-state index contributed by atoms with van der Waals surface area (Å²) in [6.45, 7) is 3.55. The van der Waals surface area contributed by atoms with Crippen LogP contribution in [0.1, 0.15) is 57.1 Å². The average Bonchev–Trinajstić information content (AvgIpc) is 3.13. The van der Waals surface area contributed by atoms with Gasteiger partial charge in [-0.25, -0.2) is 0 Å². The zero-order valence-electron chi connectivity index (χ0n) is 11.9. The minimum atomic E-state index is 0.498. The van der Waals surface area contributed by atoms with Gasteiger partial charge in [0.2, 0.25) is 0 Å². The zero-order valence-corrected chi connectivity index (χ0v) is 12.7. The molecule has 4 unspecified atom stereocenters. The molecular formula is C16H26N2S. The monoisotopic (exact) mass is 278 g/mol. The quantitative estimate of drug-likeness (QED) is 0.877. The predicted molar refractivity (Wildman–Crippen MR) is 82.6 cm³/mol. The van der Waals surface area contributed by atoms with Gasteiger partial charge in [-0.1, -0.05) is 12.8 Å². The second kappa shape index (κ2) is 6.38. The van der Waals surface area contributed by atoms with Gasteiger partial charge in [0.1, 0.15) is 0 Å². The molecule has 2 heterocycles. The molecule has 2 nitrogen and oxygen atoms in total. The molecule has 1 saturated carbocycles. The summed E-state index contributed by atoms with van der Waals surface area (Å²) in [4.78, 5) is 0. The highest BCUT2D eigenvalue weighted by molar-refractivity contribution is 7.07. The van der Waals surface area contributed by atoms with Crippen LogP contribution in [0.4, 0.5) is 0 Å². The summed E-state index contributed by atoms with van der Waals surface area (Å²) in [6, 6.07) is 4.23. The van der Waals surface area contributed by atoms with E-state index in [1.54, 1.807) is 11.3 Å². The van der Waals surface area contributed by atoms with Crippen LogP contribution < -0.4 is 10.6 Å². The van der Waals surface area contributed by atoms with Crippen molar-refractivity contribution in [3.8, 4) is 0 Å². The Morgan fingerprint density at radius 2 is 2.16 bits per heavy atom. The number of thiophene rings is 1. The SMILES string of the molecule is CC(NC1CCCCC1C1CCCN1)c1ccsc1. The molecule has 1 aromatic rings. The van der Waals surface area contributed by atoms with Gasteiger partial charge in [-0.2, -0.15) is 11.3 Å². The Kier molecular flexibility index (Phi) is 4.57. The normalized spacial score (nSPS) is 33.4. The van der Waals surface area contributed by atoms with Crippen molar-refractivity contribution in [2.24, 2.45) is 5.92 Å². The van der Waals surface area contributed by atoms with Crippen molar-refractivity contribution in [2.75, 3.05) is 6.54 Å². The molecule has 2 N–H and O–H groups in total. The summed E-state index contributed by atoms with van der Waals surface area (Å²) < 4.78 is 0. The molecule has 1 aliphatic heterocycles. The molecule has 19 heavy (non-hydrogen) atoms. The maximum absolute atomic E-state index is 3.91. The Morgan fingerprint density at radius 3 is 2.89 bits per heavy atom. The van der Waals surface area contributed by atoms with Gasteiger partial charge < -0.3 is 10.6 Å². The highest BCUT2D eigenvalue weighted by atomic mass is 32.1. The van der Waals surface area contributed by atoms with Crippen molar-refractivity contribution in [1.82, 2.24) is 10.6 Å². The highest BCUT2D eigenvalue weighted by Crippen LogP contribution is 2.32. The first kappa shape index (κ1) is 13.6. The van der Waals surface area contributed by atoms with Gasteiger partial charge in [-0.15, -0.1) is 0 Å². The molecule has 0 aromatic carbocycles. The molecule has 0 spiro atoms. The smallest absolute Gasteiger partial charge is 0.0302 e. The number of rotatable bonds is 4. The van der Waals surface area contributed by atoms with Crippen molar-refractivity contribution in [2.45, 2.75) is 63.6 Å². The summed E-state index contributed by atoms with van der Waals surface area (Å²) in [5.41, 5.74) is 1.45. The summed E-state index contributed by atoms with van der Waals surface area (Å²) in [5.74, 6) is 0.845. The Bertz CT molecular complexity index is 370. The molecule has 1 saturated heterocycles. The maximum Gasteiger partial charge on any atom is 0.0302 e. The first-order valence-corrected chi connectivity index (χ1v) is 8.80. The summed E-state index contributed by atoms with van der Waals surface area (Å²) in [6.07, 6.45) is 8.35. The third-order valence-corrected chi connectivity index (χ3v) is 5.64. The molecule has 4 atom stereocenters. The summed E-state index contributed by atoms with van der Waals surface area (Å²) in [5, 5.41) is 12.1.